The number of benzene rings is 1. The van der Waals surface area contributed by atoms with Crippen LogP contribution in [0.2, 0.25) is 0 Å². The Morgan fingerprint density at radius 3 is 2.55 bits per heavy atom. The zero-order valence-electron chi connectivity index (χ0n) is 12.1. The third-order valence-corrected chi connectivity index (χ3v) is 4.59. The molecule has 0 saturated heterocycles. The summed E-state index contributed by atoms with van der Waals surface area (Å²) in [6.45, 7) is 0. The highest BCUT2D eigenvalue weighted by Crippen LogP contribution is 2.37. The Morgan fingerprint density at radius 2 is 1.85 bits per heavy atom. The first-order chi connectivity index (χ1) is 9.70. The van der Waals surface area contributed by atoms with Crippen molar-refractivity contribution in [3.8, 4) is 5.75 Å². The average molecular weight is 271 g/mol. The van der Waals surface area contributed by atoms with Gasteiger partial charge in [-0.15, -0.1) is 0 Å². The molecule has 0 spiro atoms. The summed E-state index contributed by atoms with van der Waals surface area (Å²) >= 11 is 0. The van der Waals surface area contributed by atoms with Crippen molar-refractivity contribution >= 4 is 11.4 Å². The molecule has 0 radical (unpaired) electrons. The molecule has 3 nitrogen and oxygen atoms in total. The van der Waals surface area contributed by atoms with Crippen molar-refractivity contribution in [3.63, 3.8) is 0 Å². The maximum atomic E-state index is 12.7. The molecule has 0 N–H and O–H groups in total. The molecule has 0 unspecified atom stereocenters. The Labute approximate surface area is 120 Å². The maximum absolute atomic E-state index is 12.7. The van der Waals surface area contributed by atoms with Crippen LogP contribution in [0.15, 0.2) is 30.5 Å². The first-order valence-electron chi connectivity index (χ1n) is 7.33. The molecule has 1 aliphatic heterocycles. The number of fused-ring (bicyclic) bond motifs is 1. The van der Waals surface area contributed by atoms with Crippen LogP contribution in [0.25, 0.3) is 5.57 Å². The molecule has 1 saturated carbocycles. The molecule has 0 bridgehead atoms. The normalized spacial score (nSPS) is 26.0. The molecule has 20 heavy (non-hydrogen) atoms. The highest BCUT2D eigenvalue weighted by atomic mass is 16.5. The van der Waals surface area contributed by atoms with Crippen LogP contribution in [0.3, 0.4) is 0 Å². The number of ketones is 1. The van der Waals surface area contributed by atoms with Crippen LogP contribution in [-0.2, 0) is 4.79 Å². The van der Waals surface area contributed by atoms with Crippen LogP contribution in [-0.4, -0.2) is 30.9 Å². The summed E-state index contributed by atoms with van der Waals surface area (Å²) in [5.41, 5.74) is 1.84. The number of hydrogen-bond acceptors (Lipinski definition) is 3. The van der Waals surface area contributed by atoms with E-state index in [9.17, 15) is 4.79 Å². The molecule has 0 aromatic heterocycles. The summed E-state index contributed by atoms with van der Waals surface area (Å²) in [6.07, 6.45) is 6.61. The number of allylic oxidation sites excluding steroid dienone is 1. The molecule has 1 aromatic carbocycles. The monoisotopic (exact) mass is 271 g/mol. The van der Waals surface area contributed by atoms with E-state index in [1.165, 1.54) is 12.8 Å². The number of rotatable bonds is 2. The first kappa shape index (κ1) is 13.2. The van der Waals surface area contributed by atoms with Gasteiger partial charge in [0.1, 0.15) is 5.75 Å². The van der Waals surface area contributed by atoms with E-state index in [0.717, 1.165) is 29.7 Å². The van der Waals surface area contributed by atoms with Gasteiger partial charge in [-0.3, -0.25) is 4.79 Å². The van der Waals surface area contributed by atoms with E-state index >= 15 is 0 Å². The largest absolute Gasteiger partial charge is 0.497 e. The van der Waals surface area contributed by atoms with Gasteiger partial charge in [-0.25, -0.2) is 0 Å². The lowest BCUT2D eigenvalue weighted by atomic mass is 9.76. The van der Waals surface area contributed by atoms with Gasteiger partial charge in [0.25, 0.3) is 0 Å². The lowest BCUT2D eigenvalue weighted by Crippen LogP contribution is -2.44. The summed E-state index contributed by atoms with van der Waals surface area (Å²) in [5, 5.41) is 0. The molecule has 0 amide bonds. The van der Waals surface area contributed by atoms with Crippen LogP contribution in [0, 0.1) is 5.92 Å². The zero-order valence-corrected chi connectivity index (χ0v) is 12.1. The molecular formula is C17H21NO2. The zero-order chi connectivity index (χ0) is 14.1. The van der Waals surface area contributed by atoms with E-state index < -0.39 is 0 Å². The van der Waals surface area contributed by atoms with Gasteiger partial charge in [-0.1, -0.05) is 25.0 Å². The third-order valence-electron chi connectivity index (χ3n) is 4.59. The summed E-state index contributed by atoms with van der Waals surface area (Å²) in [5.74, 6) is 1.32. The molecule has 2 aliphatic rings. The van der Waals surface area contributed by atoms with Gasteiger partial charge in [0.2, 0.25) is 0 Å². The van der Waals surface area contributed by atoms with Crippen LogP contribution >= 0.6 is 0 Å². The Bertz CT molecular complexity index is 532. The number of Topliss-reactive ketones (excluding diaryl/α,β-unsaturated/α-hetero) is 1. The van der Waals surface area contributed by atoms with E-state index in [1.807, 2.05) is 30.5 Å². The Morgan fingerprint density at radius 1 is 1.15 bits per heavy atom. The van der Waals surface area contributed by atoms with Crippen molar-refractivity contribution in [2.75, 3.05) is 14.2 Å². The van der Waals surface area contributed by atoms with E-state index in [-0.39, 0.29) is 5.92 Å². The molecule has 106 valence electrons. The smallest absolute Gasteiger partial charge is 0.170 e. The van der Waals surface area contributed by atoms with E-state index in [2.05, 4.69) is 11.9 Å². The fraction of sp³-hybridized carbons (Fsp3) is 0.471. The number of methoxy groups -OCH3 is 1. The standard InChI is InChI=1S/C17H21NO2/c1-18-11-15(12-7-9-13(20-2)10-8-12)17(19)14-5-3-4-6-16(14)18/h7-11,14,16H,3-6H2,1-2H3/t14-,16-/m0/s1. The minimum atomic E-state index is 0.177. The second-order valence-electron chi connectivity index (χ2n) is 5.76. The maximum Gasteiger partial charge on any atom is 0.170 e. The highest BCUT2D eigenvalue weighted by molar-refractivity contribution is 6.22. The van der Waals surface area contributed by atoms with E-state index in [0.29, 0.717) is 11.8 Å². The number of hydrogen-bond donors (Lipinski definition) is 0. The quantitative estimate of drug-likeness (QED) is 0.827. The summed E-state index contributed by atoms with van der Waals surface area (Å²) in [7, 11) is 3.75. The van der Waals surface area contributed by atoms with Gasteiger partial charge in [0.05, 0.1) is 7.11 Å². The van der Waals surface area contributed by atoms with Crippen LogP contribution < -0.4 is 4.74 Å². The molecular weight excluding hydrogens is 250 g/mol. The second kappa shape index (κ2) is 5.31. The molecule has 1 aliphatic carbocycles. The van der Waals surface area contributed by atoms with E-state index in [4.69, 9.17) is 4.74 Å². The minimum absolute atomic E-state index is 0.177. The molecule has 3 heteroatoms. The SMILES string of the molecule is COc1ccc(C2=CN(C)[C@H]3CCCC[C@@H]3C2=O)cc1. The van der Waals surface area contributed by atoms with Gasteiger partial charge in [-0.2, -0.15) is 0 Å². The average Bonchev–Trinajstić information content (AvgIpc) is 2.51. The van der Waals surface area contributed by atoms with Crippen LogP contribution in [0.4, 0.5) is 0 Å². The molecule has 3 rings (SSSR count). The number of nitrogens with zero attached hydrogens (tertiary/aromatic N) is 1. The topological polar surface area (TPSA) is 29.5 Å². The van der Waals surface area contributed by atoms with Crippen molar-refractivity contribution in [1.29, 1.82) is 0 Å². The first-order valence-corrected chi connectivity index (χ1v) is 7.33. The Balaban J connectivity index is 1.93. The van der Waals surface area contributed by atoms with E-state index in [1.54, 1.807) is 7.11 Å². The van der Waals surface area contributed by atoms with Crippen LogP contribution in [0.1, 0.15) is 31.2 Å². The number of ether oxygens (including phenoxy) is 1. The van der Waals surface area contributed by atoms with Gasteiger partial charge in [0.15, 0.2) is 5.78 Å². The predicted octanol–water partition coefficient (Wildman–Crippen LogP) is 3.11. The van der Waals surface area contributed by atoms with Crippen molar-refractivity contribution in [2.45, 2.75) is 31.7 Å². The Kier molecular flexibility index (Phi) is 3.51. The van der Waals surface area contributed by atoms with Gasteiger partial charge < -0.3 is 9.64 Å². The van der Waals surface area contributed by atoms with Gasteiger partial charge in [0, 0.05) is 30.8 Å². The minimum Gasteiger partial charge on any atom is -0.497 e. The van der Waals surface area contributed by atoms with Crippen molar-refractivity contribution in [3.05, 3.63) is 36.0 Å². The van der Waals surface area contributed by atoms with Crippen LogP contribution in [0.5, 0.6) is 5.75 Å². The van der Waals surface area contributed by atoms with Gasteiger partial charge in [-0.05, 0) is 30.5 Å². The number of carbonyl (C=O) groups is 1. The highest BCUT2D eigenvalue weighted by Gasteiger charge is 2.38. The predicted molar refractivity (Wildman–Crippen MR) is 79.5 cm³/mol. The summed E-state index contributed by atoms with van der Waals surface area (Å²) < 4.78 is 5.18. The van der Waals surface area contributed by atoms with Crippen molar-refractivity contribution in [1.82, 2.24) is 4.90 Å². The molecule has 1 heterocycles. The summed E-state index contributed by atoms with van der Waals surface area (Å²) in [4.78, 5) is 15.0. The van der Waals surface area contributed by atoms with Crippen molar-refractivity contribution in [2.24, 2.45) is 5.92 Å². The fourth-order valence-electron chi connectivity index (χ4n) is 3.45. The molecule has 2 atom stereocenters. The Hall–Kier alpha value is -1.77. The third kappa shape index (κ3) is 2.21. The fourth-order valence-corrected chi connectivity index (χ4v) is 3.45. The van der Waals surface area contributed by atoms with Gasteiger partial charge >= 0.3 is 0 Å². The molecule has 1 aromatic rings. The second-order valence-corrected chi connectivity index (χ2v) is 5.76. The lowest BCUT2D eigenvalue weighted by Gasteiger charge is -2.40. The number of carbonyl (C=O) groups excluding carboxylic acids is 1. The lowest BCUT2D eigenvalue weighted by molar-refractivity contribution is -0.120. The summed E-state index contributed by atoms with van der Waals surface area (Å²) in [6, 6.07) is 8.17. The molecule has 1 fully saturated rings. The van der Waals surface area contributed by atoms with Crippen molar-refractivity contribution < 1.29 is 9.53 Å².